The quantitative estimate of drug-likeness (QED) is 0.252. The van der Waals surface area contributed by atoms with E-state index in [0.29, 0.717) is 17.9 Å². The Bertz CT molecular complexity index is 1160. The van der Waals surface area contributed by atoms with Crippen molar-refractivity contribution in [2.75, 3.05) is 17.2 Å². The first-order valence-electron chi connectivity index (χ1n) is 9.99. The molecule has 9 heteroatoms. The molecule has 0 aromatic heterocycles. The van der Waals surface area contributed by atoms with Crippen molar-refractivity contribution in [3.05, 3.63) is 88.4 Å². The summed E-state index contributed by atoms with van der Waals surface area (Å²) in [7, 11) is 0. The third-order valence-electron chi connectivity index (χ3n) is 4.30. The number of rotatable bonds is 7. The molecule has 0 atom stereocenters. The Morgan fingerprint density at radius 1 is 0.909 bits per heavy atom. The number of hydrogen-bond acceptors (Lipinski definition) is 5. The zero-order valence-electron chi connectivity index (χ0n) is 17.7. The van der Waals surface area contributed by atoms with Crippen LogP contribution in [0.15, 0.2) is 82.4 Å². The van der Waals surface area contributed by atoms with E-state index in [-0.39, 0.29) is 11.3 Å². The van der Waals surface area contributed by atoms with Gasteiger partial charge in [0, 0.05) is 10.2 Å². The minimum atomic E-state index is -0.972. The normalized spacial score (nSPS) is 10.5. The Hall–Kier alpha value is -3.98. The molecule has 3 aromatic rings. The van der Waals surface area contributed by atoms with Crippen molar-refractivity contribution in [3.63, 3.8) is 0 Å². The van der Waals surface area contributed by atoms with E-state index in [1.54, 1.807) is 66.7 Å². The fourth-order valence-electron chi connectivity index (χ4n) is 2.73. The Morgan fingerprint density at radius 2 is 1.61 bits per heavy atom. The van der Waals surface area contributed by atoms with Crippen LogP contribution in [-0.2, 0) is 9.59 Å². The molecule has 3 rings (SSSR count). The summed E-state index contributed by atoms with van der Waals surface area (Å²) < 4.78 is 6.24. The van der Waals surface area contributed by atoms with E-state index in [9.17, 15) is 14.4 Å². The minimum Gasteiger partial charge on any atom is -0.494 e. The SMILES string of the molecule is CCOc1ccc(/C=N/NC(=O)C(=O)Nc2ccccc2C(=O)Nc2ccc(Br)cc2)cc1. The highest BCUT2D eigenvalue weighted by atomic mass is 79.9. The number of carbonyl (C=O) groups excluding carboxylic acids is 3. The lowest BCUT2D eigenvalue weighted by Gasteiger charge is -2.11. The van der Waals surface area contributed by atoms with Crippen LogP contribution >= 0.6 is 15.9 Å². The second kappa shape index (κ2) is 11.6. The van der Waals surface area contributed by atoms with Gasteiger partial charge < -0.3 is 15.4 Å². The number of ether oxygens (including phenoxy) is 1. The summed E-state index contributed by atoms with van der Waals surface area (Å²) in [4.78, 5) is 37.1. The molecule has 0 radical (unpaired) electrons. The number of para-hydroxylation sites is 1. The van der Waals surface area contributed by atoms with Gasteiger partial charge in [-0.2, -0.15) is 5.10 Å². The van der Waals surface area contributed by atoms with Crippen LogP contribution in [0, 0.1) is 0 Å². The third kappa shape index (κ3) is 7.01. The summed E-state index contributed by atoms with van der Waals surface area (Å²) in [5, 5.41) is 8.99. The number of benzene rings is 3. The van der Waals surface area contributed by atoms with Crippen LogP contribution in [0.2, 0.25) is 0 Å². The van der Waals surface area contributed by atoms with Crippen LogP contribution in [0.1, 0.15) is 22.8 Å². The summed E-state index contributed by atoms with van der Waals surface area (Å²) >= 11 is 3.34. The highest BCUT2D eigenvalue weighted by molar-refractivity contribution is 9.10. The maximum absolute atomic E-state index is 12.7. The highest BCUT2D eigenvalue weighted by Crippen LogP contribution is 2.19. The maximum atomic E-state index is 12.7. The number of hydrogen-bond donors (Lipinski definition) is 3. The monoisotopic (exact) mass is 508 g/mol. The van der Waals surface area contributed by atoms with E-state index in [2.05, 4.69) is 37.1 Å². The molecule has 0 fully saturated rings. The van der Waals surface area contributed by atoms with Crippen LogP contribution in [-0.4, -0.2) is 30.5 Å². The van der Waals surface area contributed by atoms with Gasteiger partial charge in [0.25, 0.3) is 5.91 Å². The van der Waals surface area contributed by atoms with Gasteiger partial charge in [-0.15, -0.1) is 0 Å². The topological polar surface area (TPSA) is 109 Å². The molecule has 8 nitrogen and oxygen atoms in total. The van der Waals surface area contributed by atoms with Crippen LogP contribution in [0.25, 0.3) is 0 Å². The summed E-state index contributed by atoms with van der Waals surface area (Å²) in [6.45, 7) is 2.46. The van der Waals surface area contributed by atoms with Gasteiger partial charge in [0.2, 0.25) is 0 Å². The minimum absolute atomic E-state index is 0.197. The van der Waals surface area contributed by atoms with E-state index >= 15 is 0 Å². The molecule has 0 spiro atoms. The molecule has 0 aliphatic heterocycles. The Labute approximate surface area is 199 Å². The summed E-state index contributed by atoms with van der Waals surface area (Å²) in [5.41, 5.74) is 3.88. The van der Waals surface area contributed by atoms with Crippen molar-refractivity contribution < 1.29 is 19.1 Å². The number of nitrogens with one attached hydrogen (secondary N) is 3. The average molecular weight is 509 g/mol. The Kier molecular flexibility index (Phi) is 8.31. The zero-order valence-corrected chi connectivity index (χ0v) is 19.3. The molecular formula is C24H21BrN4O4. The predicted octanol–water partition coefficient (Wildman–Crippen LogP) is 4.19. The van der Waals surface area contributed by atoms with Gasteiger partial charge in [-0.3, -0.25) is 14.4 Å². The molecule has 0 aliphatic rings. The van der Waals surface area contributed by atoms with E-state index in [1.165, 1.54) is 12.3 Å². The fourth-order valence-corrected chi connectivity index (χ4v) is 3.00. The average Bonchev–Trinajstić information content (AvgIpc) is 2.82. The van der Waals surface area contributed by atoms with Crippen molar-refractivity contribution >= 4 is 51.2 Å². The Morgan fingerprint density at radius 3 is 2.30 bits per heavy atom. The Balaban J connectivity index is 1.59. The molecule has 168 valence electrons. The lowest BCUT2D eigenvalue weighted by molar-refractivity contribution is -0.136. The van der Waals surface area contributed by atoms with Crippen LogP contribution in [0.3, 0.4) is 0 Å². The number of amides is 3. The molecule has 33 heavy (non-hydrogen) atoms. The first-order valence-corrected chi connectivity index (χ1v) is 10.8. The number of halogens is 1. The molecule has 0 bridgehead atoms. The van der Waals surface area contributed by atoms with Crippen LogP contribution < -0.4 is 20.8 Å². The van der Waals surface area contributed by atoms with Crippen LogP contribution in [0.5, 0.6) is 5.75 Å². The van der Waals surface area contributed by atoms with E-state index in [0.717, 1.165) is 10.2 Å². The lowest BCUT2D eigenvalue weighted by Crippen LogP contribution is -2.33. The fraction of sp³-hybridized carbons (Fsp3) is 0.0833. The second-order valence-corrected chi connectivity index (χ2v) is 7.58. The van der Waals surface area contributed by atoms with Gasteiger partial charge in [-0.25, -0.2) is 5.43 Å². The van der Waals surface area contributed by atoms with E-state index < -0.39 is 17.7 Å². The number of anilines is 2. The molecule has 3 amide bonds. The van der Waals surface area contributed by atoms with Crippen molar-refractivity contribution in [2.45, 2.75) is 6.92 Å². The number of carbonyl (C=O) groups is 3. The standard InChI is InChI=1S/C24H21BrN4O4/c1-2-33-19-13-7-16(8-14-19)15-26-29-24(32)23(31)28-21-6-4-3-5-20(21)22(30)27-18-11-9-17(25)10-12-18/h3-15H,2H2,1H3,(H,27,30)(H,28,31)(H,29,32)/b26-15+. The summed E-state index contributed by atoms with van der Waals surface area (Å²) in [5.74, 6) is -1.63. The first kappa shape index (κ1) is 23.7. The van der Waals surface area contributed by atoms with Gasteiger partial charge >= 0.3 is 11.8 Å². The highest BCUT2D eigenvalue weighted by Gasteiger charge is 2.17. The molecule has 0 unspecified atom stereocenters. The van der Waals surface area contributed by atoms with Crippen molar-refractivity contribution in [3.8, 4) is 5.75 Å². The van der Waals surface area contributed by atoms with Gasteiger partial charge in [0.1, 0.15) is 5.75 Å². The lowest BCUT2D eigenvalue weighted by atomic mass is 10.1. The van der Waals surface area contributed by atoms with Crippen molar-refractivity contribution in [2.24, 2.45) is 5.10 Å². The van der Waals surface area contributed by atoms with Crippen molar-refractivity contribution in [1.82, 2.24) is 5.43 Å². The summed E-state index contributed by atoms with van der Waals surface area (Å²) in [6, 6.07) is 20.5. The zero-order chi connectivity index (χ0) is 23.6. The van der Waals surface area contributed by atoms with E-state index in [4.69, 9.17) is 4.74 Å². The van der Waals surface area contributed by atoms with Gasteiger partial charge in [-0.05, 0) is 73.2 Å². The smallest absolute Gasteiger partial charge is 0.329 e. The molecule has 3 aromatic carbocycles. The van der Waals surface area contributed by atoms with Gasteiger partial charge in [-0.1, -0.05) is 28.1 Å². The van der Waals surface area contributed by atoms with Gasteiger partial charge in [0.15, 0.2) is 0 Å². The van der Waals surface area contributed by atoms with Crippen LogP contribution in [0.4, 0.5) is 11.4 Å². The predicted molar refractivity (Wildman–Crippen MR) is 131 cm³/mol. The molecule has 0 saturated heterocycles. The molecule has 0 saturated carbocycles. The maximum Gasteiger partial charge on any atom is 0.329 e. The van der Waals surface area contributed by atoms with Gasteiger partial charge in [0.05, 0.1) is 24.1 Å². The third-order valence-corrected chi connectivity index (χ3v) is 4.83. The molecule has 0 heterocycles. The molecule has 3 N–H and O–H groups in total. The molecule has 0 aliphatic carbocycles. The van der Waals surface area contributed by atoms with E-state index in [1.807, 2.05) is 6.92 Å². The molecular weight excluding hydrogens is 488 g/mol. The first-order chi connectivity index (χ1) is 16.0. The van der Waals surface area contributed by atoms with Crippen molar-refractivity contribution in [1.29, 1.82) is 0 Å². The number of nitrogens with zero attached hydrogens (tertiary/aromatic N) is 1. The largest absolute Gasteiger partial charge is 0.494 e. The summed E-state index contributed by atoms with van der Waals surface area (Å²) in [6.07, 6.45) is 1.40. The second-order valence-electron chi connectivity index (χ2n) is 6.66. The number of hydrazone groups is 1.